The van der Waals surface area contributed by atoms with E-state index in [1.54, 1.807) is 12.3 Å². The second-order valence-electron chi connectivity index (χ2n) is 4.78. The molecule has 1 aromatic rings. The van der Waals surface area contributed by atoms with Crippen LogP contribution in [-0.2, 0) is 0 Å². The molecule has 1 fully saturated rings. The molecule has 1 aliphatic rings. The zero-order valence-corrected chi connectivity index (χ0v) is 10.8. The summed E-state index contributed by atoms with van der Waals surface area (Å²) >= 11 is 0. The highest BCUT2D eigenvalue weighted by atomic mass is 16.4. The van der Waals surface area contributed by atoms with E-state index in [1.807, 2.05) is 6.07 Å². The van der Waals surface area contributed by atoms with E-state index >= 15 is 0 Å². The third-order valence-corrected chi connectivity index (χ3v) is 3.65. The van der Waals surface area contributed by atoms with Crippen LogP contribution >= 0.6 is 0 Å². The first kappa shape index (κ1) is 12.9. The molecule has 0 aromatic carbocycles. The molecule has 4 nitrogen and oxygen atoms in total. The molecule has 18 heavy (non-hydrogen) atoms. The van der Waals surface area contributed by atoms with E-state index in [0.29, 0.717) is 6.04 Å². The molecule has 0 amide bonds. The van der Waals surface area contributed by atoms with Crippen molar-refractivity contribution in [2.75, 3.05) is 11.4 Å². The maximum Gasteiger partial charge on any atom is 0.354 e. The van der Waals surface area contributed by atoms with Crippen LogP contribution in [0.15, 0.2) is 18.3 Å². The summed E-state index contributed by atoms with van der Waals surface area (Å²) in [6, 6.07) is 4.14. The highest BCUT2D eigenvalue weighted by Crippen LogP contribution is 2.27. The molecule has 0 aliphatic heterocycles. The first-order chi connectivity index (χ1) is 8.72. The fraction of sp³-hybridized carbons (Fsp3) is 0.571. The Morgan fingerprint density at radius 1 is 1.44 bits per heavy atom. The van der Waals surface area contributed by atoms with Crippen LogP contribution in [0.25, 0.3) is 0 Å². The number of rotatable bonds is 4. The van der Waals surface area contributed by atoms with Gasteiger partial charge in [-0.1, -0.05) is 19.3 Å². The highest BCUT2D eigenvalue weighted by molar-refractivity contribution is 5.86. The minimum absolute atomic E-state index is 0.127. The Kier molecular flexibility index (Phi) is 4.18. The summed E-state index contributed by atoms with van der Waals surface area (Å²) < 4.78 is 0. The number of carboxylic acid groups (broad SMARTS) is 1. The quantitative estimate of drug-likeness (QED) is 0.890. The molecule has 0 spiro atoms. The Bertz CT molecular complexity index is 414. The molecule has 0 saturated heterocycles. The maximum absolute atomic E-state index is 11.0. The summed E-state index contributed by atoms with van der Waals surface area (Å²) in [4.78, 5) is 17.1. The Labute approximate surface area is 108 Å². The van der Waals surface area contributed by atoms with Crippen molar-refractivity contribution < 1.29 is 9.90 Å². The van der Waals surface area contributed by atoms with Gasteiger partial charge < -0.3 is 10.0 Å². The van der Waals surface area contributed by atoms with Crippen molar-refractivity contribution >= 4 is 11.7 Å². The van der Waals surface area contributed by atoms with E-state index in [2.05, 4.69) is 16.8 Å². The zero-order valence-electron chi connectivity index (χ0n) is 10.8. The van der Waals surface area contributed by atoms with Crippen molar-refractivity contribution in [1.29, 1.82) is 0 Å². The van der Waals surface area contributed by atoms with E-state index in [1.165, 1.54) is 32.1 Å². The molecule has 4 heteroatoms. The molecule has 0 unspecified atom stereocenters. The predicted molar refractivity (Wildman–Crippen MR) is 71.1 cm³/mol. The lowest BCUT2D eigenvalue weighted by Gasteiger charge is -2.35. The number of hydrogen-bond donors (Lipinski definition) is 1. The van der Waals surface area contributed by atoms with E-state index in [0.717, 1.165) is 12.2 Å². The molecule has 1 aliphatic carbocycles. The maximum atomic E-state index is 11.0. The van der Waals surface area contributed by atoms with Gasteiger partial charge in [0.2, 0.25) is 0 Å². The molecule has 98 valence electrons. The lowest BCUT2D eigenvalue weighted by Crippen LogP contribution is -2.36. The smallest absolute Gasteiger partial charge is 0.354 e. The van der Waals surface area contributed by atoms with Crippen molar-refractivity contribution in [3.05, 3.63) is 24.0 Å². The van der Waals surface area contributed by atoms with Gasteiger partial charge in [0, 0.05) is 24.5 Å². The van der Waals surface area contributed by atoms with E-state index in [4.69, 9.17) is 5.11 Å². The SMILES string of the molecule is CCN(c1ccnc(C(=O)O)c1)C1CCCCC1. The Hall–Kier alpha value is -1.58. The Morgan fingerprint density at radius 3 is 2.78 bits per heavy atom. The fourth-order valence-corrected chi connectivity index (χ4v) is 2.76. The Morgan fingerprint density at radius 2 is 2.17 bits per heavy atom. The summed E-state index contributed by atoms with van der Waals surface area (Å²) in [5, 5.41) is 8.99. The number of pyridine rings is 1. The molecule has 0 bridgehead atoms. The minimum atomic E-state index is -0.962. The van der Waals surface area contributed by atoms with E-state index in [9.17, 15) is 4.79 Å². The number of carboxylic acids is 1. The lowest BCUT2D eigenvalue weighted by atomic mass is 9.94. The van der Waals surface area contributed by atoms with Crippen LogP contribution < -0.4 is 4.90 Å². The molecule has 0 atom stereocenters. The molecule has 1 heterocycles. The van der Waals surface area contributed by atoms with Crippen LogP contribution in [0.1, 0.15) is 49.5 Å². The van der Waals surface area contributed by atoms with Gasteiger partial charge in [0.05, 0.1) is 0 Å². The first-order valence-corrected chi connectivity index (χ1v) is 6.68. The second kappa shape index (κ2) is 5.85. The molecule has 1 N–H and O–H groups in total. The number of anilines is 1. The van der Waals surface area contributed by atoms with Crippen LogP contribution in [0, 0.1) is 0 Å². The van der Waals surface area contributed by atoms with Gasteiger partial charge in [-0.15, -0.1) is 0 Å². The van der Waals surface area contributed by atoms with Crippen molar-refractivity contribution in [2.45, 2.75) is 45.1 Å². The number of aromatic carboxylic acids is 1. The van der Waals surface area contributed by atoms with Crippen LogP contribution in [0.5, 0.6) is 0 Å². The van der Waals surface area contributed by atoms with Crippen molar-refractivity contribution in [3.63, 3.8) is 0 Å². The van der Waals surface area contributed by atoms with Gasteiger partial charge in [-0.25, -0.2) is 9.78 Å². The summed E-state index contributed by atoms with van der Waals surface area (Å²) in [5.74, 6) is -0.962. The van der Waals surface area contributed by atoms with Crippen molar-refractivity contribution in [1.82, 2.24) is 4.98 Å². The van der Waals surface area contributed by atoms with Crippen LogP contribution in [0.2, 0.25) is 0 Å². The second-order valence-corrected chi connectivity index (χ2v) is 4.78. The van der Waals surface area contributed by atoms with Gasteiger partial charge in [-0.2, -0.15) is 0 Å². The number of carbonyl (C=O) groups is 1. The van der Waals surface area contributed by atoms with Gasteiger partial charge in [0.25, 0.3) is 0 Å². The van der Waals surface area contributed by atoms with Gasteiger partial charge in [0.1, 0.15) is 5.69 Å². The molecular weight excluding hydrogens is 228 g/mol. The summed E-state index contributed by atoms with van der Waals surface area (Å²) in [7, 11) is 0. The Balaban J connectivity index is 2.20. The third-order valence-electron chi connectivity index (χ3n) is 3.65. The molecule has 2 rings (SSSR count). The van der Waals surface area contributed by atoms with Gasteiger partial charge in [-0.05, 0) is 31.9 Å². The van der Waals surface area contributed by atoms with E-state index in [-0.39, 0.29) is 5.69 Å². The number of hydrogen-bond acceptors (Lipinski definition) is 3. The van der Waals surface area contributed by atoms with Gasteiger partial charge >= 0.3 is 5.97 Å². The average Bonchev–Trinajstić information content (AvgIpc) is 2.41. The predicted octanol–water partition coefficient (Wildman–Crippen LogP) is 2.94. The van der Waals surface area contributed by atoms with Crippen molar-refractivity contribution in [2.24, 2.45) is 0 Å². The molecule has 1 aromatic heterocycles. The highest BCUT2D eigenvalue weighted by Gasteiger charge is 2.21. The summed E-state index contributed by atoms with van der Waals surface area (Å²) in [5.41, 5.74) is 1.11. The van der Waals surface area contributed by atoms with Crippen LogP contribution in [0.3, 0.4) is 0 Å². The summed E-state index contributed by atoms with van der Waals surface area (Å²) in [6.45, 7) is 3.03. The molecular formula is C14H20N2O2. The monoisotopic (exact) mass is 248 g/mol. The van der Waals surface area contributed by atoms with Crippen LogP contribution in [-0.4, -0.2) is 28.6 Å². The lowest BCUT2D eigenvalue weighted by molar-refractivity contribution is 0.0690. The average molecular weight is 248 g/mol. The summed E-state index contributed by atoms with van der Waals surface area (Å²) in [6.07, 6.45) is 7.88. The number of nitrogens with zero attached hydrogens (tertiary/aromatic N) is 2. The van der Waals surface area contributed by atoms with Crippen molar-refractivity contribution in [3.8, 4) is 0 Å². The molecule has 1 saturated carbocycles. The standard InChI is InChI=1S/C14H20N2O2/c1-2-16(11-6-4-3-5-7-11)12-8-9-15-13(10-12)14(17)18/h8-11H,2-7H2,1H3,(H,17,18). The largest absolute Gasteiger partial charge is 0.477 e. The van der Waals surface area contributed by atoms with Gasteiger partial charge in [0.15, 0.2) is 0 Å². The third kappa shape index (κ3) is 2.81. The first-order valence-electron chi connectivity index (χ1n) is 6.68. The van der Waals surface area contributed by atoms with Crippen LogP contribution in [0.4, 0.5) is 5.69 Å². The van der Waals surface area contributed by atoms with E-state index < -0.39 is 5.97 Å². The normalized spacial score (nSPS) is 16.5. The minimum Gasteiger partial charge on any atom is -0.477 e. The van der Waals surface area contributed by atoms with Gasteiger partial charge in [-0.3, -0.25) is 0 Å². The molecule has 0 radical (unpaired) electrons. The topological polar surface area (TPSA) is 53.4 Å². The fourth-order valence-electron chi connectivity index (χ4n) is 2.76. The zero-order chi connectivity index (χ0) is 13.0. The number of aromatic nitrogens is 1.